The van der Waals surface area contributed by atoms with Crippen molar-refractivity contribution in [1.29, 1.82) is 0 Å². The molecule has 6 nitrogen and oxygen atoms in total. The highest BCUT2D eigenvalue weighted by Crippen LogP contribution is 2.34. The van der Waals surface area contributed by atoms with Crippen molar-refractivity contribution in [1.82, 2.24) is 9.88 Å². The second-order valence-corrected chi connectivity index (χ2v) is 6.97. The van der Waals surface area contributed by atoms with Gasteiger partial charge in [0.2, 0.25) is 0 Å². The Morgan fingerprint density at radius 1 is 1.38 bits per heavy atom. The van der Waals surface area contributed by atoms with Crippen LogP contribution in [-0.2, 0) is 9.53 Å². The van der Waals surface area contributed by atoms with Crippen LogP contribution in [0.1, 0.15) is 35.1 Å². The number of thiophene rings is 1. The summed E-state index contributed by atoms with van der Waals surface area (Å²) in [6.07, 6.45) is 1.26. The molecule has 2 aromatic heterocycles. The van der Waals surface area contributed by atoms with Gasteiger partial charge in [0.1, 0.15) is 9.71 Å². The van der Waals surface area contributed by atoms with E-state index in [-0.39, 0.29) is 17.8 Å². The van der Waals surface area contributed by atoms with Crippen LogP contribution in [0.3, 0.4) is 0 Å². The maximum absolute atomic E-state index is 12.8. The number of fused-ring (bicyclic) bond motifs is 1. The highest BCUT2D eigenvalue weighted by molar-refractivity contribution is 7.21. The number of nitrogens with zero attached hydrogens (tertiary/aromatic N) is 2. The lowest BCUT2D eigenvalue weighted by atomic mass is 9.97. The standard InChI is InChI=1S/C17H21N3O3S/c1-3-23-17(22)11-6-8-20(9-7-11)16(21)14-13(18)12-5-4-10(2)19-15(12)24-14/h4-5,11H,3,6-9,18H2,1-2H3. The summed E-state index contributed by atoms with van der Waals surface area (Å²) >= 11 is 1.34. The van der Waals surface area contributed by atoms with E-state index >= 15 is 0 Å². The number of piperidine rings is 1. The van der Waals surface area contributed by atoms with Crippen molar-refractivity contribution in [3.8, 4) is 0 Å². The number of anilines is 1. The smallest absolute Gasteiger partial charge is 0.309 e. The first-order valence-corrected chi connectivity index (χ1v) is 8.94. The highest BCUT2D eigenvalue weighted by Gasteiger charge is 2.30. The Morgan fingerprint density at radius 2 is 2.08 bits per heavy atom. The van der Waals surface area contributed by atoms with Gasteiger partial charge in [0.25, 0.3) is 5.91 Å². The fourth-order valence-electron chi connectivity index (χ4n) is 2.97. The summed E-state index contributed by atoms with van der Waals surface area (Å²) in [7, 11) is 0. The third-order valence-electron chi connectivity index (χ3n) is 4.33. The van der Waals surface area contributed by atoms with E-state index in [4.69, 9.17) is 10.5 Å². The number of aryl methyl sites for hydroxylation is 1. The zero-order valence-corrected chi connectivity index (χ0v) is 14.7. The van der Waals surface area contributed by atoms with Gasteiger partial charge in [-0.3, -0.25) is 9.59 Å². The van der Waals surface area contributed by atoms with E-state index < -0.39 is 0 Å². The van der Waals surface area contributed by atoms with E-state index in [1.54, 1.807) is 11.8 Å². The summed E-state index contributed by atoms with van der Waals surface area (Å²) in [5.41, 5.74) is 7.56. The third kappa shape index (κ3) is 3.08. The average molecular weight is 347 g/mol. The SMILES string of the molecule is CCOC(=O)C1CCN(C(=O)c2sc3nc(C)ccc3c2N)CC1. The Kier molecular flexibility index (Phi) is 4.71. The van der Waals surface area contributed by atoms with Crippen molar-refractivity contribution < 1.29 is 14.3 Å². The largest absolute Gasteiger partial charge is 0.466 e. The first-order chi connectivity index (χ1) is 11.5. The number of pyridine rings is 1. The van der Waals surface area contributed by atoms with Crippen LogP contribution in [-0.4, -0.2) is 41.5 Å². The maximum Gasteiger partial charge on any atom is 0.309 e. The summed E-state index contributed by atoms with van der Waals surface area (Å²) in [5, 5.41) is 0.829. The lowest BCUT2D eigenvalue weighted by molar-refractivity contribution is -0.149. The van der Waals surface area contributed by atoms with Crippen molar-refractivity contribution >= 4 is 39.1 Å². The predicted octanol–water partition coefficient (Wildman–Crippen LogP) is 2.60. The zero-order chi connectivity index (χ0) is 17.3. The van der Waals surface area contributed by atoms with E-state index in [9.17, 15) is 9.59 Å². The molecule has 0 spiro atoms. The molecule has 1 aliphatic heterocycles. The number of carbonyl (C=O) groups excluding carboxylic acids is 2. The lowest BCUT2D eigenvalue weighted by Crippen LogP contribution is -2.40. The number of nitrogens with two attached hydrogens (primary N) is 1. The molecule has 0 radical (unpaired) electrons. The van der Waals surface area contributed by atoms with Gasteiger partial charge in [-0.25, -0.2) is 4.98 Å². The normalized spacial score (nSPS) is 15.7. The maximum atomic E-state index is 12.8. The molecule has 0 atom stereocenters. The molecule has 1 fully saturated rings. The Labute approximate surface area is 144 Å². The molecule has 0 aliphatic carbocycles. The highest BCUT2D eigenvalue weighted by atomic mass is 32.1. The Bertz CT molecular complexity index is 779. The van der Waals surface area contributed by atoms with Gasteiger partial charge in [0.05, 0.1) is 18.2 Å². The fourth-order valence-corrected chi connectivity index (χ4v) is 4.08. The van der Waals surface area contributed by atoms with Gasteiger partial charge in [-0.2, -0.15) is 0 Å². The summed E-state index contributed by atoms with van der Waals surface area (Å²) < 4.78 is 5.06. The van der Waals surface area contributed by atoms with Gasteiger partial charge >= 0.3 is 5.97 Å². The first kappa shape index (κ1) is 16.7. The first-order valence-electron chi connectivity index (χ1n) is 8.12. The second-order valence-electron chi connectivity index (χ2n) is 5.97. The molecule has 1 saturated heterocycles. The monoisotopic (exact) mass is 347 g/mol. The summed E-state index contributed by atoms with van der Waals surface area (Å²) in [6, 6.07) is 3.80. The second kappa shape index (κ2) is 6.76. The molecule has 7 heteroatoms. The quantitative estimate of drug-likeness (QED) is 0.863. The molecule has 24 heavy (non-hydrogen) atoms. The minimum Gasteiger partial charge on any atom is -0.466 e. The van der Waals surface area contributed by atoms with Gasteiger partial charge < -0.3 is 15.4 Å². The van der Waals surface area contributed by atoms with Gasteiger partial charge in [0, 0.05) is 24.2 Å². The van der Waals surface area contributed by atoms with Crippen LogP contribution in [0, 0.1) is 12.8 Å². The molecule has 1 aliphatic rings. The van der Waals surface area contributed by atoms with Crippen molar-refractivity contribution in [2.24, 2.45) is 5.92 Å². The molecule has 1 amide bonds. The van der Waals surface area contributed by atoms with E-state index in [2.05, 4.69) is 4.98 Å². The topological polar surface area (TPSA) is 85.5 Å². The molecule has 2 N–H and O–H groups in total. The van der Waals surface area contributed by atoms with Gasteiger partial charge in [-0.15, -0.1) is 11.3 Å². The van der Waals surface area contributed by atoms with Gasteiger partial charge in [0.15, 0.2) is 0 Å². The fraction of sp³-hybridized carbons (Fsp3) is 0.471. The number of likely N-dealkylation sites (tertiary alicyclic amines) is 1. The number of nitrogen functional groups attached to an aromatic ring is 1. The number of carbonyl (C=O) groups is 2. The van der Waals surface area contributed by atoms with Crippen LogP contribution < -0.4 is 5.73 Å². The van der Waals surface area contributed by atoms with Crippen molar-refractivity contribution in [3.05, 3.63) is 22.7 Å². The number of ether oxygens (including phenoxy) is 1. The molecule has 128 valence electrons. The molecule has 2 aromatic rings. The van der Waals surface area contributed by atoms with Crippen LogP contribution in [0.25, 0.3) is 10.2 Å². The summed E-state index contributed by atoms with van der Waals surface area (Å²) in [4.78, 5) is 32.1. The summed E-state index contributed by atoms with van der Waals surface area (Å²) in [5.74, 6) is -0.348. The van der Waals surface area contributed by atoms with Crippen molar-refractivity contribution in [2.75, 3.05) is 25.4 Å². The number of amides is 1. The molecular formula is C17H21N3O3S. The van der Waals surface area contributed by atoms with Crippen molar-refractivity contribution in [2.45, 2.75) is 26.7 Å². The average Bonchev–Trinajstić information content (AvgIpc) is 2.90. The predicted molar refractivity (Wildman–Crippen MR) is 94.0 cm³/mol. The molecular weight excluding hydrogens is 326 g/mol. The van der Waals surface area contributed by atoms with Gasteiger partial charge in [-0.1, -0.05) is 0 Å². The number of aromatic nitrogens is 1. The number of esters is 1. The van der Waals surface area contributed by atoms with Crippen LogP contribution in [0.4, 0.5) is 5.69 Å². The number of hydrogen-bond acceptors (Lipinski definition) is 6. The Balaban J connectivity index is 1.74. The Hall–Kier alpha value is -2.15. The van der Waals surface area contributed by atoms with Crippen molar-refractivity contribution in [3.63, 3.8) is 0 Å². The van der Waals surface area contributed by atoms with Crippen LogP contribution in [0.15, 0.2) is 12.1 Å². The molecule has 0 unspecified atom stereocenters. The molecule has 0 saturated carbocycles. The van der Waals surface area contributed by atoms with E-state index in [0.29, 0.717) is 43.1 Å². The van der Waals surface area contributed by atoms with Crippen LogP contribution >= 0.6 is 11.3 Å². The van der Waals surface area contributed by atoms with E-state index in [1.807, 2.05) is 19.1 Å². The minimum absolute atomic E-state index is 0.0736. The molecule has 0 bridgehead atoms. The van der Waals surface area contributed by atoms with E-state index in [0.717, 1.165) is 15.9 Å². The van der Waals surface area contributed by atoms with Crippen LogP contribution in [0.5, 0.6) is 0 Å². The number of hydrogen-bond donors (Lipinski definition) is 1. The molecule has 3 rings (SSSR count). The molecule has 0 aromatic carbocycles. The van der Waals surface area contributed by atoms with Gasteiger partial charge in [-0.05, 0) is 38.8 Å². The third-order valence-corrected chi connectivity index (χ3v) is 5.43. The summed E-state index contributed by atoms with van der Waals surface area (Å²) in [6.45, 7) is 5.20. The number of rotatable bonds is 3. The Morgan fingerprint density at radius 3 is 2.75 bits per heavy atom. The van der Waals surface area contributed by atoms with E-state index in [1.165, 1.54) is 11.3 Å². The molecule has 3 heterocycles. The minimum atomic E-state index is -0.161. The lowest BCUT2D eigenvalue weighted by Gasteiger charge is -2.30. The van der Waals surface area contributed by atoms with Crippen LogP contribution in [0.2, 0.25) is 0 Å². The zero-order valence-electron chi connectivity index (χ0n) is 13.9.